The van der Waals surface area contributed by atoms with Crippen LogP contribution in [0.4, 0.5) is 0 Å². The molecule has 0 aliphatic carbocycles. The van der Waals surface area contributed by atoms with Crippen LogP contribution in [0.1, 0.15) is 36.4 Å². The first-order chi connectivity index (χ1) is 11.4. The summed E-state index contributed by atoms with van der Waals surface area (Å²) >= 11 is 12.6. The molecule has 1 aromatic heterocycles. The van der Waals surface area contributed by atoms with Gasteiger partial charge in [0.05, 0.1) is 10.0 Å². The summed E-state index contributed by atoms with van der Waals surface area (Å²) in [6, 6.07) is 5.22. The number of aryl methyl sites for hydroxylation is 1. The lowest BCUT2D eigenvalue weighted by Gasteiger charge is -2.35. The third kappa shape index (κ3) is 3.17. The lowest BCUT2D eigenvalue weighted by atomic mass is 9.91. The topological polar surface area (TPSA) is 46.3 Å². The molecule has 0 N–H and O–H groups in total. The number of likely N-dealkylation sites (tertiary alicyclic amines) is 1. The molecule has 2 aromatic rings. The molecule has 0 saturated carbocycles. The van der Waals surface area contributed by atoms with Crippen LogP contribution in [-0.4, -0.2) is 29.1 Å². The predicted molar refractivity (Wildman–Crippen MR) is 95.5 cm³/mol. The van der Waals surface area contributed by atoms with Gasteiger partial charge in [-0.05, 0) is 37.3 Å². The van der Waals surface area contributed by atoms with E-state index < -0.39 is 0 Å². The van der Waals surface area contributed by atoms with Crippen LogP contribution < -0.4 is 0 Å². The largest absolute Gasteiger partial charge is 0.360 e. The van der Waals surface area contributed by atoms with E-state index in [-0.39, 0.29) is 5.91 Å². The maximum atomic E-state index is 13.1. The van der Waals surface area contributed by atoms with Crippen LogP contribution in [0.25, 0.3) is 11.3 Å². The number of hydrogen-bond donors (Lipinski definition) is 0. The Hall–Kier alpha value is -1.52. The molecule has 24 heavy (non-hydrogen) atoms. The molecule has 2 heterocycles. The molecule has 6 heteroatoms. The van der Waals surface area contributed by atoms with Crippen molar-refractivity contribution in [1.29, 1.82) is 0 Å². The molecule has 1 aliphatic rings. The molecule has 1 aliphatic heterocycles. The van der Waals surface area contributed by atoms with Gasteiger partial charge in [0.2, 0.25) is 0 Å². The van der Waals surface area contributed by atoms with Crippen LogP contribution in [0.15, 0.2) is 22.7 Å². The van der Waals surface area contributed by atoms with E-state index in [1.165, 1.54) is 0 Å². The van der Waals surface area contributed by atoms with Gasteiger partial charge >= 0.3 is 0 Å². The molecule has 1 aromatic carbocycles. The number of aromatic nitrogens is 1. The molecule has 1 amide bonds. The highest BCUT2D eigenvalue weighted by molar-refractivity contribution is 6.39. The van der Waals surface area contributed by atoms with Gasteiger partial charge in [0.1, 0.15) is 17.0 Å². The second-order valence-electron chi connectivity index (χ2n) is 6.72. The van der Waals surface area contributed by atoms with Crippen molar-refractivity contribution in [2.24, 2.45) is 11.8 Å². The van der Waals surface area contributed by atoms with Gasteiger partial charge in [-0.25, -0.2) is 0 Å². The Bertz CT molecular complexity index is 742. The highest BCUT2D eigenvalue weighted by atomic mass is 35.5. The van der Waals surface area contributed by atoms with E-state index in [4.69, 9.17) is 27.7 Å². The van der Waals surface area contributed by atoms with Gasteiger partial charge in [0.15, 0.2) is 0 Å². The van der Waals surface area contributed by atoms with E-state index in [0.29, 0.717) is 44.5 Å². The molecular weight excluding hydrogens is 347 g/mol. The summed E-state index contributed by atoms with van der Waals surface area (Å²) in [5.74, 6) is 1.37. The van der Waals surface area contributed by atoms with E-state index in [0.717, 1.165) is 19.5 Å². The fraction of sp³-hybridized carbons (Fsp3) is 0.444. The van der Waals surface area contributed by atoms with Gasteiger partial charge in [-0.2, -0.15) is 0 Å². The average molecular weight is 367 g/mol. The minimum atomic E-state index is -0.0712. The van der Waals surface area contributed by atoms with Gasteiger partial charge in [-0.15, -0.1) is 0 Å². The number of hydrogen-bond acceptors (Lipinski definition) is 3. The van der Waals surface area contributed by atoms with Gasteiger partial charge in [0.25, 0.3) is 5.91 Å². The molecule has 1 fully saturated rings. The first-order valence-corrected chi connectivity index (χ1v) is 8.84. The number of carbonyl (C=O) groups is 1. The van der Waals surface area contributed by atoms with Gasteiger partial charge < -0.3 is 9.42 Å². The van der Waals surface area contributed by atoms with Crippen LogP contribution in [0, 0.1) is 18.8 Å². The van der Waals surface area contributed by atoms with Crippen molar-refractivity contribution < 1.29 is 9.32 Å². The van der Waals surface area contributed by atoms with Crippen molar-refractivity contribution in [3.8, 4) is 11.3 Å². The zero-order valence-corrected chi connectivity index (χ0v) is 15.5. The molecule has 0 bridgehead atoms. The normalized spacial score (nSPS) is 21.1. The predicted octanol–water partition coefficient (Wildman–Crippen LogP) is 5.07. The molecule has 3 rings (SSSR count). The molecule has 4 nitrogen and oxygen atoms in total. The summed E-state index contributed by atoms with van der Waals surface area (Å²) in [7, 11) is 0. The van der Waals surface area contributed by atoms with Gasteiger partial charge in [0, 0.05) is 18.7 Å². The van der Waals surface area contributed by atoms with Crippen LogP contribution in [0.2, 0.25) is 10.0 Å². The molecule has 2 atom stereocenters. The Kier molecular flexibility index (Phi) is 4.88. The number of halogens is 2. The fourth-order valence-corrected chi connectivity index (χ4v) is 4.08. The molecular formula is C18H20Cl2N2O2. The third-order valence-electron chi connectivity index (χ3n) is 4.43. The fourth-order valence-electron chi connectivity index (χ4n) is 3.51. The molecule has 0 spiro atoms. The number of rotatable bonds is 2. The zero-order chi connectivity index (χ0) is 17.4. The van der Waals surface area contributed by atoms with E-state index in [2.05, 4.69) is 19.0 Å². The maximum Gasteiger partial charge on any atom is 0.259 e. The number of nitrogens with zero attached hydrogens (tertiary/aromatic N) is 2. The van der Waals surface area contributed by atoms with Crippen molar-refractivity contribution in [2.45, 2.75) is 27.2 Å². The van der Waals surface area contributed by atoms with Crippen molar-refractivity contribution in [1.82, 2.24) is 10.1 Å². The standard InChI is InChI=1S/C18H20Cl2N2O2/c1-10-7-11(2)9-22(8-10)18(23)15-12(3)24-21-17(15)16-13(19)5-4-6-14(16)20/h4-6,10-11H,7-9H2,1-3H3/t10-,11-/m0/s1. The van der Waals surface area contributed by atoms with E-state index in [1.54, 1.807) is 25.1 Å². The van der Waals surface area contributed by atoms with Crippen LogP contribution in [0.5, 0.6) is 0 Å². The molecule has 0 unspecified atom stereocenters. The third-order valence-corrected chi connectivity index (χ3v) is 5.06. The zero-order valence-electron chi connectivity index (χ0n) is 14.0. The number of piperidine rings is 1. The summed E-state index contributed by atoms with van der Waals surface area (Å²) < 4.78 is 5.31. The second-order valence-corrected chi connectivity index (χ2v) is 7.53. The van der Waals surface area contributed by atoms with Crippen molar-refractivity contribution in [3.63, 3.8) is 0 Å². The van der Waals surface area contributed by atoms with E-state index in [1.807, 2.05) is 4.90 Å². The molecule has 128 valence electrons. The quantitative estimate of drug-likeness (QED) is 0.744. The highest BCUT2D eigenvalue weighted by Crippen LogP contribution is 2.37. The summed E-state index contributed by atoms with van der Waals surface area (Å²) in [4.78, 5) is 15.0. The second kappa shape index (κ2) is 6.77. The lowest BCUT2D eigenvalue weighted by molar-refractivity contribution is 0.0622. The first kappa shape index (κ1) is 17.3. The monoisotopic (exact) mass is 366 g/mol. The van der Waals surface area contributed by atoms with E-state index >= 15 is 0 Å². The minimum absolute atomic E-state index is 0.0712. The average Bonchev–Trinajstić information content (AvgIpc) is 2.87. The lowest BCUT2D eigenvalue weighted by Crippen LogP contribution is -2.42. The SMILES string of the molecule is Cc1onc(-c2c(Cl)cccc2Cl)c1C(=O)N1C[C@@H](C)C[C@H](C)C1. The maximum absolute atomic E-state index is 13.1. The summed E-state index contributed by atoms with van der Waals surface area (Å²) in [5.41, 5.74) is 1.41. The highest BCUT2D eigenvalue weighted by Gasteiger charge is 2.31. The summed E-state index contributed by atoms with van der Waals surface area (Å²) in [5, 5.41) is 4.97. The number of carbonyl (C=O) groups excluding carboxylic acids is 1. The number of amides is 1. The van der Waals surface area contributed by atoms with Crippen LogP contribution >= 0.6 is 23.2 Å². The smallest absolute Gasteiger partial charge is 0.259 e. The van der Waals surface area contributed by atoms with Crippen molar-refractivity contribution in [2.75, 3.05) is 13.1 Å². The summed E-state index contributed by atoms with van der Waals surface area (Å²) in [6.45, 7) is 7.56. The minimum Gasteiger partial charge on any atom is -0.360 e. The van der Waals surface area contributed by atoms with Crippen molar-refractivity contribution in [3.05, 3.63) is 39.6 Å². The van der Waals surface area contributed by atoms with Crippen LogP contribution in [-0.2, 0) is 0 Å². The van der Waals surface area contributed by atoms with Crippen molar-refractivity contribution >= 4 is 29.1 Å². The summed E-state index contributed by atoms with van der Waals surface area (Å²) in [6.07, 6.45) is 1.13. The number of benzene rings is 1. The Morgan fingerprint density at radius 3 is 2.38 bits per heavy atom. The first-order valence-electron chi connectivity index (χ1n) is 8.08. The Labute approximate surface area is 151 Å². The van der Waals surface area contributed by atoms with E-state index in [9.17, 15) is 4.79 Å². The van der Waals surface area contributed by atoms with Gasteiger partial charge in [-0.1, -0.05) is 48.3 Å². The van der Waals surface area contributed by atoms with Crippen LogP contribution in [0.3, 0.4) is 0 Å². The molecule has 1 saturated heterocycles. The Balaban J connectivity index is 2.03. The molecule has 0 radical (unpaired) electrons. The van der Waals surface area contributed by atoms with Gasteiger partial charge in [-0.3, -0.25) is 4.79 Å². The Morgan fingerprint density at radius 1 is 1.21 bits per heavy atom. The Morgan fingerprint density at radius 2 is 1.79 bits per heavy atom.